The third-order valence-corrected chi connectivity index (χ3v) is 5.05. The molecule has 9 heteroatoms. The normalized spacial score (nSPS) is 11.8. The highest BCUT2D eigenvalue weighted by molar-refractivity contribution is 5.70. The third-order valence-electron chi connectivity index (χ3n) is 5.05. The summed E-state index contributed by atoms with van der Waals surface area (Å²) in [6.07, 6.45) is 3.04. The van der Waals surface area contributed by atoms with Crippen molar-refractivity contribution < 1.29 is 13.2 Å². The van der Waals surface area contributed by atoms with Crippen LogP contribution >= 0.6 is 0 Å². The first-order valence-electron chi connectivity index (χ1n) is 9.75. The summed E-state index contributed by atoms with van der Waals surface area (Å²) in [7, 11) is 1.87. The van der Waals surface area contributed by atoms with E-state index >= 15 is 0 Å². The number of aromatic nitrogens is 5. The van der Waals surface area contributed by atoms with Gasteiger partial charge in [0.1, 0.15) is 11.5 Å². The van der Waals surface area contributed by atoms with Crippen LogP contribution < -0.4 is 5.32 Å². The molecule has 4 aromatic heterocycles. The van der Waals surface area contributed by atoms with Gasteiger partial charge in [0.2, 0.25) is 0 Å². The molecule has 5 aromatic rings. The monoisotopic (exact) mass is 434 g/mol. The van der Waals surface area contributed by atoms with Crippen molar-refractivity contribution in [1.29, 1.82) is 0 Å². The lowest BCUT2D eigenvalue weighted by Crippen LogP contribution is -2.04. The van der Waals surface area contributed by atoms with Gasteiger partial charge < -0.3 is 5.32 Å². The topological polar surface area (TPSA) is 60.0 Å². The predicted molar refractivity (Wildman–Crippen MR) is 115 cm³/mol. The van der Waals surface area contributed by atoms with E-state index in [4.69, 9.17) is 0 Å². The van der Waals surface area contributed by atoms with E-state index in [-0.39, 0.29) is 0 Å². The maximum atomic E-state index is 12.8. The van der Waals surface area contributed by atoms with Crippen molar-refractivity contribution in [3.63, 3.8) is 0 Å². The van der Waals surface area contributed by atoms with Crippen LogP contribution in [0.15, 0.2) is 79.4 Å². The van der Waals surface area contributed by atoms with Gasteiger partial charge in [-0.15, -0.1) is 0 Å². The van der Waals surface area contributed by atoms with Crippen LogP contribution in [0.4, 0.5) is 24.7 Å². The summed E-state index contributed by atoms with van der Waals surface area (Å²) in [5, 5.41) is 7.25. The second kappa shape index (κ2) is 7.52. The van der Waals surface area contributed by atoms with Gasteiger partial charge in [-0.1, -0.05) is 6.07 Å². The molecule has 0 spiro atoms. The van der Waals surface area contributed by atoms with Crippen LogP contribution in [0, 0.1) is 0 Å². The summed E-state index contributed by atoms with van der Waals surface area (Å²) in [5.74, 6) is 0.518. The van der Waals surface area contributed by atoms with E-state index in [9.17, 15) is 13.2 Å². The van der Waals surface area contributed by atoms with Crippen molar-refractivity contribution in [2.75, 3.05) is 5.32 Å². The number of anilines is 2. The molecule has 0 fully saturated rings. The molecule has 4 heterocycles. The molecule has 0 saturated carbocycles. The average Bonchev–Trinajstić information content (AvgIpc) is 3.39. The quantitative estimate of drug-likeness (QED) is 0.402. The summed E-state index contributed by atoms with van der Waals surface area (Å²) >= 11 is 0. The van der Waals surface area contributed by atoms with Crippen LogP contribution in [0.2, 0.25) is 0 Å². The highest BCUT2D eigenvalue weighted by atomic mass is 19.4. The molecule has 0 bridgehead atoms. The highest BCUT2D eigenvalue weighted by Crippen LogP contribution is 2.30. The molecule has 0 unspecified atom stereocenters. The van der Waals surface area contributed by atoms with Gasteiger partial charge in [0, 0.05) is 30.7 Å². The SMILES string of the molecule is Cn1cc(-c2ccn3c(-c4cccc(Nc5ccc(C(F)(F)F)cc5)n4)cnc3c2)cn1. The molecular formula is C23H17F3N6. The molecule has 0 atom stereocenters. The van der Waals surface area contributed by atoms with Crippen molar-refractivity contribution >= 4 is 17.2 Å². The van der Waals surface area contributed by atoms with Gasteiger partial charge in [-0.2, -0.15) is 18.3 Å². The minimum atomic E-state index is -4.36. The van der Waals surface area contributed by atoms with Crippen LogP contribution in [0.1, 0.15) is 5.56 Å². The Balaban J connectivity index is 1.42. The summed E-state index contributed by atoms with van der Waals surface area (Å²) in [6.45, 7) is 0. The number of halogens is 3. The summed E-state index contributed by atoms with van der Waals surface area (Å²) < 4.78 is 42.0. The van der Waals surface area contributed by atoms with Crippen LogP contribution in [0.25, 0.3) is 28.2 Å². The Labute approximate surface area is 181 Å². The number of benzene rings is 1. The first-order chi connectivity index (χ1) is 15.4. The zero-order valence-electron chi connectivity index (χ0n) is 16.9. The van der Waals surface area contributed by atoms with Gasteiger partial charge in [0.15, 0.2) is 0 Å². The number of imidazole rings is 1. The molecule has 0 saturated heterocycles. The Morgan fingerprint density at radius 1 is 0.938 bits per heavy atom. The van der Waals surface area contributed by atoms with Gasteiger partial charge in [0.25, 0.3) is 0 Å². The van der Waals surface area contributed by atoms with E-state index in [1.165, 1.54) is 12.1 Å². The number of rotatable bonds is 4. The Bertz CT molecular complexity index is 1400. The fraction of sp³-hybridized carbons (Fsp3) is 0.0870. The van der Waals surface area contributed by atoms with Gasteiger partial charge in [0.05, 0.1) is 29.3 Å². The molecule has 0 aliphatic carbocycles. The molecule has 6 nitrogen and oxygen atoms in total. The van der Waals surface area contributed by atoms with Crippen molar-refractivity contribution in [3.8, 4) is 22.5 Å². The van der Waals surface area contributed by atoms with Crippen LogP contribution in [0.3, 0.4) is 0 Å². The molecule has 1 aromatic carbocycles. The molecule has 0 amide bonds. The number of pyridine rings is 2. The average molecular weight is 434 g/mol. The fourth-order valence-corrected chi connectivity index (χ4v) is 3.46. The molecular weight excluding hydrogens is 417 g/mol. The van der Waals surface area contributed by atoms with Crippen LogP contribution in [0.5, 0.6) is 0 Å². The Morgan fingerprint density at radius 2 is 1.75 bits per heavy atom. The van der Waals surface area contributed by atoms with Crippen LogP contribution in [-0.2, 0) is 13.2 Å². The van der Waals surface area contributed by atoms with Crippen molar-refractivity contribution in [2.45, 2.75) is 6.18 Å². The van der Waals surface area contributed by atoms with E-state index in [1.807, 2.05) is 48.1 Å². The van der Waals surface area contributed by atoms with E-state index in [1.54, 1.807) is 23.1 Å². The van der Waals surface area contributed by atoms with Crippen molar-refractivity contribution in [1.82, 2.24) is 24.1 Å². The lowest BCUT2D eigenvalue weighted by Gasteiger charge is -2.10. The summed E-state index contributed by atoms with van der Waals surface area (Å²) in [6, 6.07) is 14.2. The molecule has 1 N–H and O–H groups in total. The lowest BCUT2D eigenvalue weighted by molar-refractivity contribution is -0.137. The highest BCUT2D eigenvalue weighted by Gasteiger charge is 2.29. The zero-order valence-corrected chi connectivity index (χ0v) is 16.9. The Kier molecular flexibility index (Phi) is 4.66. The second-order valence-corrected chi connectivity index (χ2v) is 7.30. The largest absolute Gasteiger partial charge is 0.416 e. The van der Waals surface area contributed by atoms with Crippen LogP contribution in [-0.4, -0.2) is 24.1 Å². The Hall–Kier alpha value is -4.14. The van der Waals surface area contributed by atoms with Gasteiger partial charge in [-0.05, 0) is 54.1 Å². The van der Waals surface area contributed by atoms with E-state index in [0.29, 0.717) is 17.2 Å². The van der Waals surface area contributed by atoms with E-state index < -0.39 is 11.7 Å². The number of nitrogens with one attached hydrogen (secondary N) is 1. The molecule has 0 aliphatic rings. The summed E-state index contributed by atoms with van der Waals surface area (Å²) in [4.78, 5) is 9.11. The number of fused-ring (bicyclic) bond motifs is 1. The van der Waals surface area contributed by atoms with Crippen molar-refractivity contribution in [2.24, 2.45) is 7.05 Å². The first-order valence-corrected chi connectivity index (χ1v) is 9.75. The summed E-state index contributed by atoms with van der Waals surface area (Å²) in [5.41, 5.74) is 4.08. The molecule has 32 heavy (non-hydrogen) atoms. The molecule has 0 radical (unpaired) electrons. The minimum absolute atomic E-state index is 0.516. The standard InChI is InChI=1S/C23H17F3N6/c1-31-14-16(12-28-31)15-9-10-32-20(13-27-22(32)11-15)19-3-2-4-21(30-19)29-18-7-5-17(6-8-18)23(24,25)26/h2-14H,1H3,(H,29,30). The fourth-order valence-electron chi connectivity index (χ4n) is 3.46. The van der Waals surface area contributed by atoms with Crippen molar-refractivity contribution in [3.05, 3.63) is 84.9 Å². The van der Waals surface area contributed by atoms with Gasteiger partial charge >= 0.3 is 6.18 Å². The van der Waals surface area contributed by atoms with E-state index in [2.05, 4.69) is 20.4 Å². The van der Waals surface area contributed by atoms with E-state index in [0.717, 1.165) is 34.6 Å². The smallest absolute Gasteiger partial charge is 0.340 e. The maximum Gasteiger partial charge on any atom is 0.416 e. The predicted octanol–water partition coefficient (Wildman–Crippen LogP) is 5.56. The van der Waals surface area contributed by atoms with Gasteiger partial charge in [-0.25, -0.2) is 9.97 Å². The number of aryl methyl sites for hydroxylation is 1. The number of alkyl halides is 3. The Morgan fingerprint density at radius 3 is 2.47 bits per heavy atom. The minimum Gasteiger partial charge on any atom is -0.340 e. The van der Waals surface area contributed by atoms with Gasteiger partial charge in [-0.3, -0.25) is 9.08 Å². The second-order valence-electron chi connectivity index (χ2n) is 7.30. The zero-order chi connectivity index (χ0) is 22.3. The molecule has 0 aliphatic heterocycles. The maximum absolute atomic E-state index is 12.8. The molecule has 5 rings (SSSR count). The lowest BCUT2D eigenvalue weighted by atomic mass is 10.1. The number of hydrogen-bond donors (Lipinski definition) is 1. The number of nitrogens with zero attached hydrogens (tertiary/aromatic N) is 5. The molecule has 160 valence electrons. The number of hydrogen-bond acceptors (Lipinski definition) is 4. The first kappa shape index (κ1) is 19.8. The third kappa shape index (κ3) is 3.80.